The summed E-state index contributed by atoms with van der Waals surface area (Å²) in [4.78, 5) is 23.0. The molecule has 3 rings (SSSR count). The van der Waals surface area contributed by atoms with Crippen molar-refractivity contribution in [2.45, 2.75) is 31.5 Å². The summed E-state index contributed by atoms with van der Waals surface area (Å²) in [5.74, 6) is -1.26. The molecule has 116 valence electrons. The van der Waals surface area contributed by atoms with Crippen molar-refractivity contribution in [3.63, 3.8) is 0 Å². The summed E-state index contributed by atoms with van der Waals surface area (Å²) in [6.07, 6.45) is -2.97. The predicted octanol–water partition coefficient (Wildman–Crippen LogP) is 2.38. The van der Waals surface area contributed by atoms with E-state index in [-0.39, 0.29) is 16.7 Å². The van der Waals surface area contributed by atoms with Crippen molar-refractivity contribution < 1.29 is 23.1 Å². The smallest absolute Gasteiger partial charge is 0.416 e. The third-order valence-electron chi connectivity index (χ3n) is 3.57. The standard InChI is InChI=1S/C14H11F3N2O3/c15-14(16,17)8-3-4-9-10(5-8)12(7-1-2-7)18-19(13(9)22)6-11(20)21/h3-5,7H,1-2,6H2,(H,20,21). The second kappa shape index (κ2) is 4.82. The topological polar surface area (TPSA) is 72.2 Å². The highest BCUT2D eigenvalue weighted by Crippen LogP contribution is 2.42. The Balaban J connectivity index is 2.27. The molecular formula is C14H11F3N2O3. The number of rotatable bonds is 3. The summed E-state index contributed by atoms with van der Waals surface area (Å²) in [7, 11) is 0. The number of carboxylic acids is 1. The van der Waals surface area contributed by atoms with Gasteiger partial charge in [0.1, 0.15) is 6.54 Å². The van der Waals surface area contributed by atoms with Crippen LogP contribution < -0.4 is 5.56 Å². The summed E-state index contributed by atoms with van der Waals surface area (Å²) in [6, 6.07) is 2.83. The van der Waals surface area contributed by atoms with Crippen molar-refractivity contribution in [1.82, 2.24) is 9.78 Å². The van der Waals surface area contributed by atoms with Crippen LogP contribution in [0.2, 0.25) is 0 Å². The number of nitrogens with zero attached hydrogens (tertiary/aromatic N) is 2. The van der Waals surface area contributed by atoms with E-state index < -0.39 is 29.8 Å². The van der Waals surface area contributed by atoms with Crippen LogP contribution in [0.1, 0.15) is 30.0 Å². The number of aromatic nitrogens is 2. The first-order valence-corrected chi connectivity index (χ1v) is 6.61. The van der Waals surface area contributed by atoms with E-state index in [4.69, 9.17) is 5.11 Å². The number of hydrogen-bond acceptors (Lipinski definition) is 3. The average Bonchev–Trinajstić information content (AvgIpc) is 3.24. The number of alkyl halides is 3. The maximum absolute atomic E-state index is 12.8. The van der Waals surface area contributed by atoms with Gasteiger partial charge in [-0.05, 0) is 31.0 Å². The lowest BCUT2D eigenvalue weighted by Gasteiger charge is -2.12. The van der Waals surface area contributed by atoms with Crippen molar-refractivity contribution in [3.8, 4) is 0 Å². The van der Waals surface area contributed by atoms with Gasteiger partial charge >= 0.3 is 12.1 Å². The summed E-state index contributed by atoms with van der Waals surface area (Å²) in [5.41, 5.74) is -1.18. The minimum Gasteiger partial charge on any atom is -0.480 e. The fourth-order valence-corrected chi connectivity index (χ4v) is 2.38. The number of fused-ring (bicyclic) bond motifs is 1. The summed E-state index contributed by atoms with van der Waals surface area (Å²) >= 11 is 0. The van der Waals surface area contributed by atoms with Gasteiger partial charge in [-0.15, -0.1) is 0 Å². The largest absolute Gasteiger partial charge is 0.480 e. The summed E-state index contributed by atoms with van der Waals surface area (Å²) in [5, 5.41) is 13.0. The van der Waals surface area contributed by atoms with E-state index in [1.54, 1.807) is 0 Å². The molecule has 1 aromatic carbocycles. The molecule has 0 aliphatic heterocycles. The van der Waals surface area contributed by atoms with E-state index in [0.717, 1.165) is 35.7 Å². The molecule has 1 N–H and O–H groups in total. The fraction of sp³-hybridized carbons (Fsp3) is 0.357. The van der Waals surface area contributed by atoms with Crippen LogP contribution >= 0.6 is 0 Å². The Morgan fingerprint density at radius 3 is 2.55 bits per heavy atom. The molecule has 22 heavy (non-hydrogen) atoms. The Morgan fingerprint density at radius 1 is 1.32 bits per heavy atom. The van der Waals surface area contributed by atoms with Crippen LogP contribution in [0.15, 0.2) is 23.0 Å². The molecule has 0 amide bonds. The van der Waals surface area contributed by atoms with Crippen molar-refractivity contribution >= 4 is 16.7 Å². The molecule has 5 nitrogen and oxygen atoms in total. The molecule has 1 saturated carbocycles. The molecule has 0 spiro atoms. The number of benzene rings is 1. The second-order valence-corrected chi connectivity index (χ2v) is 5.27. The quantitative estimate of drug-likeness (QED) is 0.944. The molecule has 1 fully saturated rings. The predicted molar refractivity (Wildman–Crippen MR) is 70.6 cm³/mol. The molecule has 8 heteroatoms. The van der Waals surface area contributed by atoms with Gasteiger partial charge in [-0.2, -0.15) is 18.3 Å². The maximum Gasteiger partial charge on any atom is 0.416 e. The SMILES string of the molecule is O=C(O)Cn1nc(C2CC2)c2cc(C(F)(F)F)ccc2c1=O. The van der Waals surface area contributed by atoms with E-state index >= 15 is 0 Å². The highest BCUT2D eigenvalue weighted by molar-refractivity contribution is 5.85. The van der Waals surface area contributed by atoms with E-state index in [1.807, 2.05) is 0 Å². The van der Waals surface area contributed by atoms with E-state index in [0.29, 0.717) is 5.69 Å². The number of hydrogen-bond donors (Lipinski definition) is 1. The van der Waals surface area contributed by atoms with Gasteiger partial charge in [-0.1, -0.05) is 0 Å². The van der Waals surface area contributed by atoms with E-state index in [1.165, 1.54) is 0 Å². The maximum atomic E-state index is 12.8. The third kappa shape index (κ3) is 2.56. The highest BCUT2D eigenvalue weighted by Gasteiger charge is 2.33. The van der Waals surface area contributed by atoms with Crippen molar-refractivity contribution in [2.24, 2.45) is 0 Å². The molecule has 0 unspecified atom stereocenters. The van der Waals surface area contributed by atoms with Crippen LogP contribution in [0.3, 0.4) is 0 Å². The molecule has 1 heterocycles. The number of halogens is 3. The first kappa shape index (κ1) is 14.6. The molecule has 1 aromatic heterocycles. The molecule has 0 radical (unpaired) electrons. The zero-order chi connectivity index (χ0) is 16.1. The van der Waals surface area contributed by atoms with Crippen LogP contribution in [0, 0.1) is 0 Å². The average molecular weight is 312 g/mol. The minimum atomic E-state index is -4.51. The molecule has 1 aliphatic rings. The number of carbonyl (C=O) groups is 1. The number of carboxylic acid groups (broad SMARTS) is 1. The lowest BCUT2D eigenvalue weighted by molar-refractivity contribution is -0.138. The Hall–Kier alpha value is -2.38. The molecule has 2 aromatic rings. The number of aliphatic carboxylic acids is 1. The van der Waals surface area contributed by atoms with E-state index in [9.17, 15) is 22.8 Å². The van der Waals surface area contributed by atoms with Gasteiger partial charge in [0, 0.05) is 11.3 Å². The Bertz CT molecular complexity index is 822. The van der Waals surface area contributed by atoms with Crippen molar-refractivity contribution in [3.05, 3.63) is 39.8 Å². The fourth-order valence-electron chi connectivity index (χ4n) is 2.38. The Labute approximate surface area is 122 Å². The molecule has 0 atom stereocenters. The zero-order valence-electron chi connectivity index (χ0n) is 11.2. The lowest BCUT2D eigenvalue weighted by atomic mass is 10.0. The first-order valence-electron chi connectivity index (χ1n) is 6.61. The molecule has 0 bridgehead atoms. The van der Waals surface area contributed by atoms with Gasteiger partial charge in [-0.25, -0.2) is 4.68 Å². The molecular weight excluding hydrogens is 301 g/mol. The van der Waals surface area contributed by atoms with Gasteiger partial charge in [0.25, 0.3) is 5.56 Å². The second-order valence-electron chi connectivity index (χ2n) is 5.27. The monoisotopic (exact) mass is 312 g/mol. The first-order chi connectivity index (χ1) is 10.3. The lowest BCUT2D eigenvalue weighted by Crippen LogP contribution is -2.28. The third-order valence-corrected chi connectivity index (χ3v) is 3.57. The van der Waals surface area contributed by atoms with Crippen molar-refractivity contribution in [1.29, 1.82) is 0 Å². The minimum absolute atomic E-state index is 0.0216. The van der Waals surface area contributed by atoms with E-state index in [2.05, 4.69) is 5.10 Å². The van der Waals surface area contributed by atoms with Gasteiger partial charge in [-0.3, -0.25) is 9.59 Å². The molecule has 1 aliphatic carbocycles. The summed E-state index contributed by atoms with van der Waals surface area (Å²) < 4.78 is 39.3. The van der Waals surface area contributed by atoms with Crippen LogP contribution in [-0.2, 0) is 17.5 Å². The van der Waals surface area contributed by atoms with Crippen molar-refractivity contribution in [2.75, 3.05) is 0 Å². The van der Waals surface area contributed by atoms with Gasteiger partial charge in [0.15, 0.2) is 0 Å². The van der Waals surface area contributed by atoms with Crippen LogP contribution in [0.25, 0.3) is 10.8 Å². The van der Waals surface area contributed by atoms with Crippen LogP contribution in [0.5, 0.6) is 0 Å². The molecule has 0 saturated heterocycles. The Morgan fingerprint density at radius 2 is 2.00 bits per heavy atom. The zero-order valence-corrected chi connectivity index (χ0v) is 11.2. The Kier molecular flexibility index (Phi) is 3.19. The van der Waals surface area contributed by atoms with Gasteiger partial charge < -0.3 is 5.11 Å². The highest BCUT2D eigenvalue weighted by atomic mass is 19.4. The van der Waals surface area contributed by atoms with Gasteiger partial charge in [0.2, 0.25) is 0 Å². The van der Waals surface area contributed by atoms with Gasteiger partial charge in [0.05, 0.1) is 16.6 Å². The van der Waals surface area contributed by atoms with Crippen LogP contribution in [0.4, 0.5) is 13.2 Å². The normalized spacial score (nSPS) is 15.2. The summed E-state index contributed by atoms with van der Waals surface area (Å²) in [6.45, 7) is -0.616. The van der Waals surface area contributed by atoms with Crippen LogP contribution in [-0.4, -0.2) is 20.9 Å².